The minimum absolute atomic E-state index is 0.0343. The minimum Gasteiger partial charge on any atom is -0.481 e. The van der Waals surface area contributed by atoms with Crippen LogP contribution < -0.4 is 0 Å². The summed E-state index contributed by atoms with van der Waals surface area (Å²) in [5.74, 6) is -0.647. The highest BCUT2D eigenvalue weighted by Gasteiger charge is 2.65. The molecule has 1 N–H and O–H groups in total. The van der Waals surface area contributed by atoms with Gasteiger partial charge in [-0.3, -0.25) is 9.59 Å². The lowest BCUT2D eigenvalue weighted by Crippen LogP contribution is -2.60. The number of carboxylic acids is 1. The van der Waals surface area contributed by atoms with Gasteiger partial charge in [-0.15, -0.1) is 0 Å². The van der Waals surface area contributed by atoms with Crippen LogP contribution in [0.2, 0.25) is 0 Å². The van der Waals surface area contributed by atoms with Crippen molar-refractivity contribution in [1.29, 1.82) is 0 Å². The smallest absolute Gasteiger partial charge is 0.308 e. The monoisotopic (exact) mass is 420 g/mol. The predicted octanol–water partition coefficient (Wildman–Crippen LogP) is 5.52. The Morgan fingerprint density at radius 2 is 1.93 bits per heavy atom. The number of hydrogen-bond donors (Lipinski definition) is 1. The van der Waals surface area contributed by atoms with Crippen LogP contribution in [-0.4, -0.2) is 34.9 Å². The molecule has 6 unspecified atom stereocenters. The van der Waals surface area contributed by atoms with Crippen LogP contribution in [0.1, 0.15) is 92.9 Å². The van der Waals surface area contributed by atoms with E-state index in [4.69, 9.17) is 9.47 Å². The lowest BCUT2D eigenvalue weighted by molar-refractivity contribution is -0.202. The molecule has 1 aliphatic heterocycles. The number of carbonyl (C=O) groups excluding carboxylic acids is 1. The summed E-state index contributed by atoms with van der Waals surface area (Å²) in [6, 6.07) is 0. The molecular weight excluding hydrogens is 380 g/mol. The Hall–Kier alpha value is -1.36. The highest BCUT2D eigenvalue weighted by Crippen LogP contribution is 2.66. The van der Waals surface area contributed by atoms with Crippen LogP contribution in [0.5, 0.6) is 0 Å². The molecule has 6 atom stereocenters. The van der Waals surface area contributed by atoms with Gasteiger partial charge in [-0.2, -0.15) is 0 Å². The molecule has 2 aliphatic carbocycles. The van der Waals surface area contributed by atoms with E-state index in [-0.39, 0.29) is 29.1 Å². The van der Waals surface area contributed by atoms with E-state index < -0.39 is 17.2 Å². The maximum atomic E-state index is 12.4. The molecule has 3 aliphatic rings. The highest BCUT2D eigenvalue weighted by molar-refractivity contribution is 5.71. The fourth-order valence-electron chi connectivity index (χ4n) is 6.72. The summed E-state index contributed by atoms with van der Waals surface area (Å²) >= 11 is 0. The van der Waals surface area contributed by atoms with Crippen molar-refractivity contribution in [3.8, 4) is 0 Å². The molecule has 0 bridgehead atoms. The topological polar surface area (TPSA) is 72.8 Å². The standard InChI is InChI=1S/C25H40O5/c1-7-17(2)21(28)29-16-22(4)11-8-12-24(6)19(22)10-9-18(3)25(24)14-13-23(5,30-25)15-20(26)27/h9,17,19H,7-8,10-16H2,1-6H3,(H,26,27). The Kier molecular flexibility index (Phi) is 6.18. The number of fused-ring (bicyclic) bond motifs is 2. The molecule has 1 saturated heterocycles. The quantitative estimate of drug-likeness (QED) is 0.452. The molecule has 0 aromatic rings. The van der Waals surface area contributed by atoms with E-state index in [2.05, 4.69) is 26.8 Å². The summed E-state index contributed by atoms with van der Waals surface area (Å²) in [4.78, 5) is 23.8. The zero-order valence-electron chi connectivity index (χ0n) is 19.7. The molecule has 30 heavy (non-hydrogen) atoms. The Morgan fingerprint density at radius 3 is 2.57 bits per heavy atom. The summed E-state index contributed by atoms with van der Waals surface area (Å²) in [6.45, 7) is 13.1. The molecule has 170 valence electrons. The number of ether oxygens (including phenoxy) is 2. The molecule has 5 nitrogen and oxygen atoms in total. The first-order valence-corrected chi connectivity index (χ1v) is 11.7. The van der Waals surface area contributed by atoms with E-state index in [1.165, 1.54) is 5.57 Å². The van der Waals surface area contributed by atoms with Crippen LogP contribution in [0, 0.1) is 22.7 Å². The van der Waals surface area contributed by atoms with Crippen LogP contribution in [0.25, 0.3) is 0 Å². The number of allylic oxidation sites excluding steroid dienone is 1. The lowest BCUT2D eigenvalue weighted by Gasteiger charge is -2.61. The predicted molar refractivity (Wildman–Crippen MR) is 116 cm³/mol. The van der Waals surface area contributed by atoms with Gasteiger partial charge in [-0.25, -0.2) is 0 Å². The average Bonchev–Trinajstić information content (AvgIpc) is 3.02. The molecule has 0 aromatic heterocycles. The van der Waals surface area contributed by atoms with Crippen molar-refractivity contribution in [3.63, 3.8) is 0 Å². The van der Waals surface area contributed by atoms with Crippen molar-refractivity contribution >= 4 is 11.9 Å². The van der Waals surface area contributed by atoms with Gasteiger partial charge in [-0.1, -0.05) is 40.2 Å². The van der Waals surface area contributed by atoms with E-state index in [1.54, 1.807) is 0 Å². The Bertz CT molecular complexity index is 729. The van der Waals surface area contributed by atoms with Gasteiger partial charge >= 0.3 is 11.9 Å². The maximum absolute atomic E-state index is 12.4. The van der Waals surface area contributed by atoms with Gasteiger partial charge in [0.25, 0.3) is 0 Å². The lowest BCUT2D eigenvalue weighted by atomic mass is 9.46. The summed E-state index contributed by atoms with van der Waals surface area (Å²) in [7, 11) is 0. The first-order chi connectivity index (χ1) is 13.9. The van der Waals surface area contributed by atoms with Gasteiger partial charge in [0.1, 0.15) is 0 Å². The second kappa shape index (κ2) is 7.96. The third-order valence-corrected chi connectivity index (χ3v) is 8.78. The van der Waals surface area contributed by atoms with Crippen molar-refractivity contribution in [1.82, 2.24) is 0 Å². The van der Waals surface area contributed by atoms with Crippen molar-refractivity contribution < 1.29 is 24.2 Å². The SMILES string of the molecule is CCC(C)C(=O)OCC1(C)CCCC2(C)C1CC=C(C)C21CCC(C)(CC(=O)O)O1. The molecule has 0 radical (unpaired) electrons. The van der Waals surface area contributed by atoms with Gasteiger partial charge in [0, 0.05) is 10.8 Å². The first kappa shape index (κ1) is 23.3. The van der Waals surface area contributed by atoms with E-state index in [1.807, 2.05) is 20.8 Å². The minimum atomic E-state index is -0.806. The number of carbonyl (C=O) groups is 2. The summed E-state index contributed by atoms with van der Waals surface area (Å²) in [5.41, 5.74) is -0.0188. The number of hydrogen-bond acceptors (Lipinski definition) is 4. The van der Waals surface area contributed by atoms with Crippen LogP contribution in [-0.2, 0) is 19.1 Å². The average molecular weight is 421 g/mol. The molecule has 1 heterocycles. The normalized spacial score (nSPS) is 41.8. The van der Waals surface area contributed by atoms with Crippen molar-refractivity contribution in [2.75, 3.05) is 6.61 Å². The van der Waals surface area contributed by atoms with Gasteiger partial charge in [0.15, 0.2) is 0 Å². The maximum Gasteiger partial charge on any atom is 0.308 e. The van der Waals surface area contributed by atoms with E-state index in [0.717, 1.165) is 44.9 Å². The largest absolute Gasteiger partial charge is 0.481 e. The van der Waals surface area contributed by atoms with Gasteiger partial charge < -0.3 is 14.6 Å². The van der Waals surface area contributed by atoms with E-state index in [9.17, 15) is 14.7 Å². The van der Waals surface area contributed by atoms with Crippen LogP contribution in [0.3, 0.4) is 0 Å². The fourth-order valence-corrected chi connectivity index (χ4v) is 6.72. The molecule has 1 spiro atoms. The Labute approximate surface area is 181 Å². The van der Waals surface area contributed by atoms with Gasteiger partial charge in [-0.05, 0) is 63.9 Å². The van der Waals surface area contributed by atoms with Crippen LogP contribution in [0.4, 0.5) is 0 Å². The van der Waals surface area contributed by atoms with Gasteiger partial charge in [0.05, 0.1) is 30.1 Å². The number of aliphatic carboxylic acids is 1. The van der Waals surface area contributed by atoms with Gasteiger partial charge in [0.2, 0.25) is 0 Å². The Morgan fingerprint density at radius 1 is 1.23 bits per heavy atom. The summed E-state index contributed by atoms with van der Waals surface area (Å²) < 4.78 is 12.6. The molecule has 0 aromatic carbocycles. The van der Waals surface area contributed by atoms with Crippen LogP contribution in [0.15, 0.2) is 11.6 Å². The number of esters is 1. The second-order valence-electron chi connectivity index (χ2n) is 11.0. The fraction of sp³-hybridized carbons (Fsp3) is 0.840. The van der Waals surface area contributed by atoms with Crippen molar-refractivity contribution in [2.45, 2.75) is 104 Å². The van der Waals surface area contributed by atoms with Crippen molar-refractivity contribution in [2.24, 2.45) is 22.7 Å². The summed E-state index contributed by atoms with van der Waals surface area (Å²) in [5, 5.41) is 9.42. The molecule has 1 saturated carbocycles. The zero-order valence-corrected chi connectivity index (χ0v) is 19.7. The zero-order chi connectivity index (χ0) is 22.4. The number of rotatable bonds is 6. The summed E-state index contributed by atoms with van der Waals surface area (Å²) in [6.07, 6.45) is 8.86. The third-order valence-electron chi connectivity index (χ3n) is 8.78. The van der Waals surface area contributed by atoms with Crippen molar-refractivity contribution in [3.05, 3.63) is 11.6 Å². The van der Waals surface area contributed by atoms with E-state index in [0.29, 0.717) is 12.5 Å². The van der Waals surface area contributed by atoms with Crippen LogP contribution >= 0.6 is 0 Å². The number of carboxylic acid groups (broad SMARTS) is 1. The molecule has 3 rings (SSSR count). The second-order valence-corrected chi connectivity index (χ2v) is 11.0. The highest BCUT2D eigenvalue weighted by atomic mass is 16.5. The molecular formula is C25H40O5. The molecule has 2 fully saturated rings. The Balaban J connectivity index is 1.90. The molecule has 0 amide bonds. The molecule has 5 heteroatoms. The van der Waals surface area contributed by atoms with E-state index >= 15 is 0 Å². The first-order valence-electron chi connectivity index (χ1n) is 11.7. The third kappa shape index (κ3) is 3.72.